The van der Waals surface area contributed by atoms with E-state index in [-0.39, 0.29) is 17.9 Å². The Morgan fingerprint density at radius 3 is 2.59 bits per heavy atom. The van der Waals surface area contributed by atoms with Gasteiger partial charge in [-0.25, -0.2) is 14.7 Å². The van der Waals surface area contributed by atoms with Crippen LogP contribution in [0.3, 0.4) is 0 Å². The molecule has 2 aliphatic rings. The summed E-state index contributed by atoms with van der Waals surface area (Å²) >= 11 is 5.29. The molecule has 32 heavy (non-hydrogen) atoms. The zero-order valence-corrected chi connectivity index (χ0v) is 18.9. The van der Waals surface area contributed by atoms with E-state index < -0.39 is 6.09 Å². The van der Waals surface area contributed by atoms with Crippen LogP contribution in [-0.2, 0) is 11.3 Å². The number of rotatable bonds is 5. The standard InChI is InChI=1S/C22H26N6O3S/c1-15(2)19-20(29)28(21(32)25-19)18-6-5-17(13-24-18)31-22(30)27-10-8-26(9-11-27)14-16-4-3-7-23-12-16/h3-7,12-13,15,19H,8-11,14H2,1-2H3,(H,25,32). The molecule has 10 heteroatoms. The number of nitrogens with zero attached hydrogens (tertiary/aromatic N) is 5. The number of aromatic nitrogens is 2. The van der Waals surface area contributed by atoms with Crippen molar-refractivity contribution in [2.75, 3.05) is 31.1 Å². The molecule has 0 aliphatic carbocycles. The zero-order chi connectivity index (χ0) is 22.7. The Hall–Kier alpha value is -3.11. The van der Waals surface area contributed by atoms with Gasteiger partial charge in [0, 0.05) is 45.1 Å². The predicted molar refractivity (Wildman–Crippen MR) is 123 cm³/mol. The first-order chi connectivity index (χ1) is 15.4. The largest absolute Gasteiger partial charge is 0.415 e. The fraction of sp³-hybridized carbons (Fsp3) is 0.409. The van der Waals surface area contributed by atoms with E-state index in [9.17, 15) is 9.59 Å². The lowest BCUT2D eigenvalue weighted by atomic mass is 10.1. The van der Waals surface area contributed by atoms with Gasteiger partial charge in [-0.2, -0.15) is 0 Å². The smallest absolute Gasteiger partial charge is 0.409 e. The molecular formula is C22H26N6O3S. The number of piperazine rings is 1. The Morgan fingerprint density at radius 1 is 1.22 bits per heavy atom. The number of amides is 2. The average Bonchev–Trinajstić information content (AvgIpc) is 3.10. The molecule has 4 rings (SSSR count). The number of hydrogen-bond donors (Lipinski definition) is 1. The lowest BCUT2D eigenvalue weighted by Crippen LogP contribution is -2.49. The van der Waals surface area contributed by atoms with Crippen molar-refractivity contribution >= 4 is 35.1 Å². The molecule has 1 N–H and O–H groups in total. The minimum Gasteiger partial charge on any atom is -0.409 e. The van der Waals surface area contributed by atoms with Gasteiger partial charge in [-0.1, -0.05) is 19.9 Å². The number of ether oxygens (including phenoxy) is 1. The summed E-state index contributed by atoms with van der Waals surface area (Å²) in [7, 11) is 0. The third kappa shape index (κ3) is 4.86. The van der Waals surface area contributed by atoms with Gasteiger partial charge in [-0.3, -0.25) is 14.7 Å². The van der Waals surface area contributed by atoms with E-state index in [1.807, 2.05) is 32.2 Å². The number of thiocarbonyl (C=S) groups is 1. The third-order valence-electron chi connectivity index (χ3n) is 5.55. The summed E-state index contributed by atoms with van der Waals surface area (Å²) in [5, 5.41) is 3.36. The lowest BCUT2D eigenvalue weighted by molar-refractivity contribution is -0.119. The number of anilines is 1. The van der Waals surface area contributed by atoms with Crippen molar-refractivity contribution in [3.05, 3.63) is 48.4 Å². The van der Waals surface area contributed by atoms with Crippen molar-refractivity contribution in [1.82, 2.24) is 25.1 Å². The number of carbonyl (C=O) groups is 2. The maximum atomic E-state index is 12.6. The van der Waals surface area contributed by atoms with Gasteiger partial charge in [0.25, 0.3) is 5.91 Å². The molecule has 0 radical (unpaired) electrons. The highest BCUT2D eigenvalue weighted by Crippen LogP contribution is 2.23. The summed E-state index contributed by atoms with van der Waals surface area (Å²) in [6, 6.07) is 6.86. The van der Waals surface area contributed by atoms with Crippen LogP contribution < -0.4 is 15.0 Å². The first-order valence-electron chi connectivity index (χ1n) is 10.6. The summed E-state index contributed by atoms with van der Waals surface area (Å²) in [4.78, 5) is 38.9. The molecule has 4 heterocycles. The molecule has 2 saturated heterocycles. The van der Waals surface area contributed by atoms with Crippen LogP contribution in [-0.4, -0.2) is 69.1 Å². The summed E-state index contributed by atoms with van der Waals surface area (Å²) in [6.07, 6.45) is 4.65. The Bertz CT molecular complexity index is 977. The van der Waals surface area contributed by atoms with Crippen LogP contribution in [0.1, 0.15) is 19.4 Å². The molecule has 2 fully saturated rings. The van der Waals surface area contributed by atoms with Crippen LogP contribution in [0.4, 0.5) is 10.6 Å². The van der Waals surface area contributed by atoms with E-state index in [1.54, 1.807) is 23.2 Å². The molecular weight excluding hydrogens is 428 g/mol. The highest BCUT2D eigenvalue weighted by atomic mass is 32.1. The summed E-state index contributed by atoms with van der Waals surface area (Å²) in [5.74, 6) is 0.698. The van der Waals surface area contributed by atoms with Crippen molar-refractivity contribution in [2.24, 2.45) is 5.92 Å². The van der Waals surface area contributed by atoms with Crippen LogP contribution in [0.25, 0.3) is 0 Å². The second-order valence-corrected chi connectivity index (χ2v) is 8.58. The monoisotopic (exact) mass is 454 g/mol. The number of pyridine rings is 2. The molecule has 0 bridgehead atoms. The van der Waals surface area contributed by atoms with Crippen molar-refractivity contribution in [3.63, 3.8) is 0 Å². The van der Waals surface area contributed by atoms with E-state index in [0.717, 1.165) is 25.2 Å². The van der Waals surface area contributed by atoms with Crippen LogP contribution >= 0.6 is 12.2 Å². The first kappa shape index (κ1) is 22.1. The Balaban J connectivity index is 1.30. The average molecular weight is 455 g/mol. The van der Waals surface area contributed by atoms with Crippen molar-refractivity contribution in [2.45, 2.75) is 26.4 Å². The molecule has 0 saturated carbocycles. The zero-order valence-electron chi connectivity index (χ0n) is 18.1. The summed E-state index contributed by atoms with van der Waals surface area (Å²) < 4.78 is 5.48. The van der Waals surface area contributed by atoms with Gasteiger partial charge < -0.3 is 15.0 Å². The quantitative estimate of drug-likeness (QED) is 0.687. The van der Waals surface area contributed by atoms with Crippen molar-refractivity contribution in [3.8, 4) is 5.75 Å². The van der Waals surface area contributed by atoms with Gasteiger partial charge in [0.15, 0.2) is 10.9 Å². The molecule has 2 aromatic rings. The van der Waals surface area contributed by atoms with Crippen LogP contribution in [0.15, 0.2) is 42.9 Å². The molecule has 0 aromatic carbocycles. The Labute approximate surface area is 192 Å². The van der Waals surface area contributed by atoms with E-state index in [0.29, 0.717) is 29.8 Å². The number of nitrogens with one attached hydrogen (secondary N) is 1. The molecule has 2 aromatic heterocycles. The van der Waals surface area contributed by atoms with E-state index >= 15 is 0 Å². The van der Waals surface area contributed by atoms with Gasteiger partial charge in [0.2, 0.25) is 0 Å². The predicted octanol–water partition coefficient (Wildman–Crippen LogP) is 2.04. The fourth-order valence-corrected chi connectivity index (χ4v) is 4.05. The van der Waals surface area contributed by atoms with Crippen LogP contribution in [0, 0.1) is 5.92 Å². The highest BCUT2D eigenvalue weighted by molar-refractivity contribution is 7.80. The molecule has 9 nitrogen and oxygen atoms in total. The molecule has 1 atom stereocenters. The van der Waals surface area contributed by atoms with Crippen LogP contribution in [0.2, 0.25) is 0 Å². The number of hydrogen-bond acceptors (Lipinski definition) is 7. The molecule has 2 aliphatic heterocycles. The molecule has 168 valence electrons. The third-order valence-corrected chi connectivity index (χ3v) is 5.85. The maximum absolute atomic E-state index is 12.6. The normalized spacial score (nSPS) is 19.4. The Kier molecular flexibility index (Phi) is 6.61. The SMILES string of the molecule is CC(C)C1NC(=S)N(c2ccc(OC(=O)N3CCN(Cc4cccnc4)CC3)cn2)C1=O. The Morgan fingerprint density at radius 2 is 2.00 bits per heavy atom. The minimum absolute atomic E-state index is 0.107. The molecule has 0 spiro atoms. The van der Waals surface area contributed by atoms with Gasteiger partial charge in [0.1, 0.15) is 11.9 Å². The number of carbonyl (C=O) groups excluding carboxylic acids is 2. The van der Waals surface area contributed by atoms with E-state index in [2.05, 4.69) is 20.2 Å². The maximum Gasteiger partial charge on any atom is 0.415 e. The lowest BCUT2D eigenvalue weighted by Gasteiger charge is -2.33. The molecule has 2 amide bonds. The first-order valence-corrected chi connectivity index (χ1v) is 11.0. The second kappa shape index (κ2) is 9.58. The van der Waals surface area contributed by atoms with Gasteiger partial charge >= 0.3 is 6.09 Å². The summed E-state index contributed by atoms with van der Waals surface area (Å²) in [5.41, 5.74) is 1.15. The highest BCUT2D eigenvalue weighted by Gasteiger charge is 2.38. The van der Waals surface area contributed by atoms with Gasteiger partial charge in [0.05, 0.1) is 6.20 Å². The van der Waals surface area contributed by atoms with Crippen molar-refractivity contribution < 1.29 is 14.3 Å². The second-order valence-electron chi connectivity index (χ2n) is 8.19. The molecule has 1 unspecified atom stereocenters. The van der Waals surface area contributed by atoms with Gasteiger partial charge in [-0.15, -0.1) is 0 Å². The van der Waals surface area contributed by atoms with E-state index in [4.69, 9.17) is 17.0 Å². The topological polar surface area (TPSA) is 90.9 Å². The van der Waals surface area contributed by atoms with Crippen molar-refractivity contribution in [1.29, 1.82) is 0 Å². The van der Waals surface area contributed by atoms with Gasteiger partial charge in [-0.05, 0) is 41.9 Å². The minimum atomic E-state index is -0.408. The summed E-state index contributed by atoms with van der Waals surface area (Å²) in [6.45, 7) is 7.42. The van der Waals surface area contributed by atoms with E-state index in [1.165, 1.54) is 11.1 Å². The fourth-order valence-electron chi connectivity index (χ4n) is 3.74. The van der Waals surface area contributed by atoms with Crippen LogP contribution in [0.5, 0.6) is 5.75 Å².